The highest BCUT2D eigenvalue weighted by atomic mass is 16.5. The Kier molecular flexibility index (Phi) is 8.15. The van der Waals surface area contributed by atoms with E-state index < -0.39 is 0 Å². The number of nitrogens with zero attached hydrogens (tertiary/aromatic N) is 3. The van der Waals surface area contributed by atoms with Crippen LogP contribution in [0.1, 0.15) is 32.6 Å². The first-order valence-corrected chi connectivity index (χ1v) is 9.93. The minimum absolute atomic E-state index is 0.235. The van der Waals surface area contributed by atoms with Gasteiger partial charge in [0, 0.05) is 53.9 Å². The number of ether oxygens (including phenoxy) is 1. The summed E-state index contributed by atoms with van der Waals surface area (Å²) in [5.74, 6) is 1.55. The number of guanidine groups is 1. The van der Waals surface area contributed by atoms with E-state index in [-0.39, 0.29) is 11.3 Å². The summed E-state index contributed by atoms with van der Waals surface area (Å²) in [5, 5.41) is 6.83. The van der Waals surface area contributed by atoms with Gasteiger partial charge in [0.1, 0.15) is 0 Å². The zero-order valence-electron chi connectivity index (χ0n) is 17.0. The molecular formula is C19H37N5O2. The van der Waals surface area contributed by atoms with Gasteiger partial charge < -0.3 is 20.3 Å². The molecule has 2 aliphatic rings. The van der Waals surface area contributed by atoms with Crippen LogP contribution in [0.15, 0.2) is 4.99 Å². The second-order valence-electron chi connectivity index (χ2n) is 8.01. The van der Waals surface area contributed by atoms with E-state index in [2.05, 4.69) is 27.4 Å². The minimum Gasteiger partial charge on any atom is -0.379 e. The molecule has 2 rings (SSSR count). The van der Waals surface area contributed by atoms with Crippen LogP contribution in [-0.4, -0.2) is 88.7 Å². The van der Waals surface area contributed by atoms with Crippen LogP contribution in [0.2, 0.25) is 0 Å². The predicted octanol–water partition coefficient (Wildman–Crippen LogP) is 0.768. The fourth-order valence-corrected chi connectivity index (χ4v) is 4.03. The molecule has 0 aromatic carbocycles. The van der Waals surface area contributed by atoms with Crippen molar-refractivity contribution in [2.75, 3.05) is 67.1 Å². The summed E-state index contributed by atoms with van der Waals surface area (Å²) in [4.78, 5) is 21.2. The van der Waals surface area contributed by atoms with Gasteiger partial charge in [0.25, 0.3) is 0 Å². The number of amides is 1. The fraction of sp³-hybridized carbons (Fsp3) is 0.895. The molecule has 2 fully saturated rings. The molecule has 1 saturated heterocycles. The molecule has 0 bridgehead atoms. The van der Waals surface area contributed by atoms with E-state index in [0.29, 0.717) is 12.5 Å². The summed E-state index contributed by atoms with van der Waals surface area (Å²) in [6.45, 7) is 8.56. The van der Waals surface area contributed by atoms with Crippen molar-refractivity contribution in [3.63, 3.8) is 0 Å². The lowest BCUT2D eigenvalue weighted by molar-refractivity contribution is -0.138. The Labute approximate surface area is 158 Å². The van der Waals surface area contributed by atoms with E-state index in [4.69, 9.17) is 4.74 Å². The molecule has 7 heteroatoms. The minimum atomic E-state index is -0.277. The van der Waals surface area contributed by atoms with Crippen molar-refractivity contribution in [1.82, 2.24) is 20.4 Å². The van der Waals surface area contributed by atoms with Crippen LogP contribution in [0.4, 0.5) is 0 Å². The van der Waals surface area contributed by atoms with Crippen molar-refractivity contribution < 1.29 is 9.53 Å². The summed E-state index contributed by atoms with van der Waals surface area (Å²) in [6, 6.07) is 0. The lowest BCUT2D eigenvalue weighted by Gasteiger charge is -2.32. The molecule has 0 aromatic rings. The first-order valence-electron chi connectivity index (χ1n) is 9.93. The second-order valence-corrected chi connectivity index (χ2v) is 8.01. The molecule has 1 amide bonds. The van der Waals surface area contributed by atoms with E-state index in [1.807, 2.05) is 14.1 Å². The maximum Gasteiger partial charge on any atom is 0.230 e. The molecule has 150 valence electrons. The summed E-state index contributed by atoms with van der Waals surface area (Å²) in [5.41, 5.74) is -0.277. The van der Waals surface area contributed by atoms with Gasteiger partial charge in [0.05, 0.1) is 18.6 Å². The fourth-order valence-electron chi connectivity index (χ4n) is 4.03. The Morgan fingerprint density at radius 3 is 2.46 bits per heavy atom. The van der Waals surface area contributed by atoms with Crippen LogP contribution in [0.25, 0.3) is 0 Å². The van der Waals surface area contributed by atoms with Crippen LogP contribution in [0.3, 0.4) is 0 Å². The molecule has 1 atom stereocenters. The quantitative estimate of drug-likeness (QED) is 0.514. The number of carbonyl (C=O) groups excluding carboxylic acids is 1. The summed E-state index contributed by atoms with van der Waals surface area (Å²) in [6.07, 6.45) is 4.18. The van der Waals surface area contributed by atoms with Gasteiger partial charge in [-0.25, -0.2) is 0 Å². The van der Waals surface area contributed by atoms with Crippen LogP contribution >= 0.6 is 0 Å². The van der Waals surface area contributed by atoms with Crippen molar-refractivity contribution in [3.8, 4) is 0 Å². The lowest BCUT2D eigenvalue weighted by atomic mass is 9.84. The molecule has 7 nitrogen and oxygen atoms in total. The van der Waals surface area contributed by atoms with Crippen LogP contribution in [-0.2, 0) is 9.53 Å². The molecule has 1 aliphatic carbocycles. The van der Waals surface area contributed by atoms with Crippen molar-refractivity contribution in [1.29, 1.82) is 0 Å². The lowest BCUT2D eigenvalue weighted by Crippen LogP contribution is -2.50. The second kappa shape index (κ2) is 10.1. The van der Waals surface area contributed by atoms with Crippen molar-refractivity contribution in [2.24, 2.45) is 16.3 Å². The van der Waals surface area contributed by atoms with E-state index in [1.54, 1.807) is 11.9 Å². The SMILES string of the molecule is CN=C(NCC(C)CN1CCOCC1)NCC1(C(=O)N(C)C)CCCC1. The van der Waals surface area contributed by atoms with E-state index in [0.717, 1.165) is 71.0 Å². The molecular weight excluding hydrogens is 330 g/mol. The highest BCUT2D eigenvalue weighted by Crippen LogP contribution is 2.38. The molecule has 2 N–H and O–H groups in total. The Balaban J connectivity index is 1.78. The highest BCUT2D eigenvalue weighted by molar-refractivity contribution is 5.85. The first-order chi connectivity index (χ1) is 12.5. The summed E-state index contributed by atoms with van der Waals surface area (Å²) < 4.78 is 5.41. The Hall–Kier alpha value is -1.34. The zero-order chi connectivity index (χ0) is 19.0. The van der Waals surface area contributed by atoms with Gasteiger partial charge in [-0.1, -0.05) is 19.8 Å². The van der Waals surface area contributed by atoms with Crippen LogP contribution in [0.5, 0.6) is 0 Å². The molecule has 0 radical (unpaired) electrons. The van der Waals surface area contributed by atoms with Gasteiger partial charge in [0.2, 0.25) is 5.91 Å². The van der Waals surface area contributed by atoms with Crippen molar-refractivity contribution >= 4 is 11.9 Å². The first kappa shape index (κ1) is 21.0. The molecule has 1 aliphatic heterocycles. The smallest absolute Gasteiger partial charge is 0.230 e. The number of rotatable bonds is 7. The van der Waals surface area contributed by atoms with E-state index in [9.17, 15) is 4.79 Å². The maximum atomic E-state index is 12.7. The van der Waals surface area contributed by atoms with Crippen LogP contribution < -0.4 is 10.6 Å². The summed E-state index contributed by atoms with van der Waals surface area (Å²) >= 11 is 0. The van der Waals surface area contributed by atoms with Crippen molar-refractivity contribution in [3.05, 3.63) is 0 Å². The van der Waals surface area contributed by atoms with E-state index in [1.165, 1.54) is 0 Å². The third-order valence-electron chi connectivity index (χ3n) is 5.53. The Morgan fingerprint density at radius 1 is 1.23 bits per heavy atom. The number of morpholine rings is 1. The number of carbonyl (C=O) groups is 1. The summed E-state index contributed by atoms with van der Waals surface area (Å²) in [7, 11) is 5.49. The number of nitrogens with one attached hydrogen (secondary N) is 2. The largest absolute Gasteiger partial charge is 0.379 e. The monoisotopic (exact) mass is 367 g/mol. The Bertz CT molecular complexity index is 469. The third kappa shape index (κ3) is 5.84. The number of hydrogen-bond acceptors (Lipinski definition) is 4. The van der Waals surface area contributed by atoms with Gasteiger partial charge in [-0.3, -0.25) is 14.7 Å². The van der Waals surface area contributed by atoms with Gasteiger partial charge in [-0.2, -0.15) is 0 Å². The average molecular weight is 368 g/mol. The topological polar surface area (TPSA) is 69.2 Å². The molecule has 1 heterocycles. The molecule has 1 saturated carbocycles. The molecule has 26 heavy (non-hydrogen) atoms. The Morgan fingerprint density at radius 2 is 1.88 bits per heavy atom. The van der Waals surface area contributed by atoms with E-state index >= 15 is 0 Å². The maximum absolute atomic E-state index is 12.7. The average Bonchev–Trinajstić information content (AvgIpc) is 3.12. The number of aliphatic imine (C=N–C) groups is 1. The molecule has 0 spiro atoms. The standard InChI is InChI=1S/C19H37N5O2/c1-16(14-24-9-11-26-12-10-24)13-21-18(20-2)22-15-19(7-5-6-8-19)17(25)23(3)4/h16H,5-15H2,1-4H3,(H2,20,21,22). The van der Waals surface area contributed by atoms with Gasteiger partial charge >= 0.3 is 0 Å². The van der Waals surface area contributed by atoms with Gasteiger partial charge in [-0.05, 0) is 18.8 Å². The number of hydrogen-bond donors (Lipinski definition) is 2. The van der Waals surface area contributed by atoms with Crippen LogP contribution in [0, 0.1) is 11.3 Å². The van der Waals surface area contributed by atoms with Crippen molar-refractivity contribution in [2.45, 2.75) is 32.6 Å². The van der Waals surface area contributed by atoms with Gasteiger partial charge in [-0.15, -0.1) is 0 Å². The highest BCUT2D eigenvalue weighted by Gasteiger charge is 2.42. The zero-order valence-corrected chi connectivity index (χ0v) is 17.0. The molecule has 1 unspecified atom stereocenters. The predicted molar refractivity (Wildman–Crippen MR) is 105 cm³/mol. The molecule has 0 aromatic heterocycles. The normalized spacial score (nSPS) is 22.1. The van der Waals surface area contributed by atoms with Gasteiger partial charge in [0.15, 0.2) is 5.96 Å². The third-order valence-corrected chi connectivity index (χ3v) is 5.53.